The molecule has 0 spiro atoms. The lowest BCUT2D eigenvalue weighted by molar-refractivity contribution is 0.0932. The van der Waals surface area contributed by atoms with Crippen LogP contribution >= 0.6 is 0 Å². The van der Waals surface area contributed by atoms with Gasteiger partial charge < -0.3 is 10.6 Å². The van der Waals surface area contributed by atoms with Gasteiger partial charge in [-0.25, -0.2) is 9.37 Å². The van der Waals surface area contributed by atoms with Crippen molar-refractivity contribution in [2.24, 2.45) is 5.92 Å². The van der Waals surface area contributed by atoms with Gasteiger partial charge in [0.2, 0.25) is 0 Å². The Balaban J connectivity index is 2.07. The molecule has 1 heterocycles. The maximum atomic E-state index is 13.3. The van der Waals surface area contributed by atoms with Crippen molar-refractivity contribution < 1.29 is 9.18 Å². The summed E-state index contributed by atoms with van der Waals surface area (Å²) in [6.07, 6.45) is 5.55. The third-order valence-corrected chi connectivity index (χ3v) is 3.59. The minimum absolute atomic E-state index is 0.160. The van der Waals surface area contributed by atoms with Gasteiger partial charge in [-0.1, -0.05) is 19.8 Å². The van der Waals surface area contributed by atoms with E-state index in [9.17, 15) is 9.18 Å². The molecule has 1 saturated carbocycles. The van der Waals surface area contributed by atoms with Gasteiger partial charge in [-0.3, -0.25) is 4.79 Å². The molecule has 1 atom stereocenters. The number of hydrogen-bond donors (Lipinski definition) is 2. The van der Waals surface area contributed by atoms with Crippen molar-refractivity contribution in [3.63, 3.8) is 0 Å². The molecule has 0 aromatic carbocycles. The molecule has 2 rings (SSSR count). The molecule has 0 radical (unpaired) electrons. The number of pyridine rings is 1. The Labute approximate surface area is 119 Å². The van der Waals surface area contributed by atoms with Crippen molar-refractivity contribution in [3.05, 3.63) is 23.6 Å². The first-order chi connectivity index (χ1) is 9.63. The summed E-state index contributed by atoms with van der Waals surface area (Å²) in [6, 6.07) is 1.40. The van der Waals surface area contributed by atoms with E-state index < -0.39 is 5.82 Å². The zero-order valence-electron chi connectivity index (χ0n) is 12.1. The Morgan fingerprint density at radius 3 is 2.85 bits per heavy atom. The third-order valence-electron chi connectivity index (χ3n) is 3.59. The van der Waals surface area contributed by atoms with Crippen LogP contribution in [0.4, 0.5) is 10.2 Å². The maximum absolute atomic E-state index is 13.3. The molecule has 1 unspecified atom stereocenters. The van der Waals surface area contributed by atoms with Crippen LogP contribution in [0.5, 0.6) is 0 Å². The van der Waals surface area contributed by atoms with Crippen molar-refractivity contribution in [1.82, 2.24) is 10.3 Å². The number of nitrogens with zero attached hydrogens (tertiary/aromatic N) is 1. The summed E-state index contributed by atoms with van der Waals surface area (Å²) >= 11 is 0. The number of hydrogen-bond acceptors (Lipinski definition) is 3. The summed E-state index contributed by atoms with van der Waals surface area (Å²) in [5.41, 5.74) is 0.279. The van der Waals surface area contributed by atoms with E-state index in [2.05, 4.69) is 22.5 Å². The fraction of sp³-hybridized carbons (Fsp3) is 0.600. The van der Waals surface area contributed by atoms with E-state index in [0.29, 0.717) is 12.4 Å². The molecule has 5 heteroatoms. The summed E-state index contributed by atoms with van der Waals surface area (Å²) in [7, 11) is 0. The Kier molecular flexibility index (Phi) is 4.93. The van der Waals surface area contributed by atoms with Crippen LogP contribution in [0.2, 0.25) is 0 Å². The van der Waals surface area contributed by atoms with Gasteiger partial charge in [0, 0.05) is 12.6 Å². The van der Waals surface area contributed by atoms with Gasteiger partial charge in [0.05, 0.1) is 11.8 Å². The molecule has 1 fully saturated rings. The molecule has 1 aromatic heterocycles. The molecule has 1 amide bonds. The van der Waals surface area contributed by atoms with Crippen LogP contribution in [-0.4, -0.2) is 23.5 Å². The molecule has 1 aliphatic rings. The highest BCUT2D eigenvalue weighted by molar-refractivity contribution is 5.98. The van der Waals surface area contributed by atoms with Crippen LogP contribution in [0.3, 0.4) is 0 Å². The predicted octanol–water partition coefficient (Wildman–Crippen LogP) is 2.96. The first kappa shape index (κ1) is 14.8. The number of amides is 1. The fourth-order valence-electron chi connectivity index (χ4n) is 2.27. The van der Waals surface area contributed by atoms with Crippen LogP contribution in [0, 0.1) is 11.7 Å². The highest BCUT2D eigenvalue weighted by Crippen LogP contribution is 2.34. The monoisotopic (exact) mass is 279 g/mol. The highest BCUT2D eigenvalue weighted by atomic mass is 19.1. The molecule has 1 aromatic rings. The summed E-state index contributed by atoms with van der Waals surface area (Å²) in [6.45, 7) is 4.61. The molecular formula is C15H22FN3O. The van der Waals surface area contributed by atoms with Gasteiger partial charge >= 0.3 is 0 Å². The number of halogens is 1. The van der Waals surface area contributed by atoms with E-state index in [0.717, 1.165) is 25.0 Å². The highest BCUT2D eigenvalue weighted by Gasteiger charge is 2.26. The first-order valence-corrected chi connectivity index (χ1v) is 7.34. The van der Waals surface area contributed by atoms with Crippen molar-refractivity contribution in [3.8, 4) is 0 Å². The van der Waals surface area contributed by atoms with E-state index in [-0.39, 0.29) is 17.5 Å². The number of carbonyl (C=O) groups is 1. The molecule has 110 valence electrons. The number of nitrogens with one attached hydrogen (secondary N) is 2. The van der Waals surface area contributed by atoms with E-state index in [1.54, 1.807) is 0 Å². The lowest BCUT2D eigenvalue weighted by atomic mass is 10.1. The van der Waals surface area contributed by atoms with Crippen LogP contribution in [0.15, 0.2) is 12.3 Å². The summed E-state index contributed by atoms with van der Waals surface area (Å²) in [5.74, 6) is 0.444. The number of aromatic nitrogens is 1. The molecular weight excluding hydrogens is 257 g/mol. The standard InChI is InChI=1S/C15H22FN3O/c1-3-12(7-10-5-6-10)19-15(20)13-8-11(16)9-18-14(13)17-4-2/h8-10,12H,3-7H2,1-2H3,(H,17,18)(H,19,20). The van der Waals surface area contributed by atoms with E-state index in [1.807, 2.05) is 6.92 Å². The van der Waals surface area contributed by atoms with Crippen LogP contribution < -0.4 is 10.6 Å². The Hall–Kier alpha value is -1.65. The van der Waals surface area contributed by atoms with Crippen LogP contribution in [0.25, 0.3) is 0 Å². The molecule has 1 aliphatic carbocycles. The van der Waals surface area contributed by atoms with E-state index in [4.69, 9.17) is 0 Å². The van der Waals surface area contributed by atoms with Crippen molar-refractivity contribution in [2.75, 3.05) is 11.9 Å². The van der Waals surface area contributed by atoms with Gasteiger partial charge in [-0.2, -0.15) is 0 Å². The molecule has 0 saturated heterocycles. The lowest BCUT2D eigenvalue weighted by Gasteiger charge is -2.18. The minimum atomic E-state index is -0.493. The molecule has 0 bridgehead atoms. The van der Waals surface area contributed by atoms with E-state index in [1.165, 1.54) is 18.9 Å². The van der Waals surface area contributed by atoms with Crippen LogP contribution in [-0.2, 0) is 0 Å². The lowest BCUT2D eigenvalue weighted by Crippen LogP contribution is -2.35. The zero-order chi connectivity index (χ0) is 14.5. The molecule has 0 aliphatic heterocycles. The first-order valence-electron chi connectivity index (χ1n) is 7.34. The quantitative estimate of drug-likeness (QED) is 0.807. The molecule has 4 nitrogen and oxygen atoms in total. The normalized spacial score (nSPS) is 15.8. The SMILES string of the molecule is CCNc1ncc(F)cc1C(=O)NC(CC)CC1CC1. The van der Waals surface area contributed by atoms with Crippen molar-refractivity contribution in [1.29, 1.82) is 0 Å². The zero-order valence-corrected chi connectivity index (χ0v) is 12.1. The summed E-state index contributed by atoms with van der Waals surface area (Å²) in [4.78, 5) is 16.3. The van der Waals surface area contributed by atoms with Gasteiger partial charge in [0.15, 0.2) is 0 Å². The van der Waals surface area contributed by atoms with E-state index >= 15 is 0 Å². The van der Waals surface area contributed by atoms with Gasteiger partial charge in [-0.15, -0.1) is 0 Å². The average molecular weight is 279 g/mol. The number of anilines is 1. The maximum Gasteiger partial charge on any atom is 0.255 e. The largest absolute Gasteiger partial charge is 0.370 e. The Bertz CT molecular complexity index is 474. The molecule has 2 N–H and O–H groups in total. The second kappa shape index (κ2) is 6.68. The predicted molar refractivity (Wildman–Crippen MR) is 77.2 cm³/mol. The summed E-state index contributed by atoms with van der Waals surface area (Å²) in [5, 5.41) is 5.98. The molecule has 20 heavy (non-hydrogen) atoms. The minimum Gasteiger partial charge on any atom is -0.370 e. The number of carbonyl (C=O) groups excluding carboxylic acids is 1. The van der Waals surface area contributed by atoms with Crippen molar-refractivity contribution in [2.45, 2.75) is 45.6 Å². The Morgan fingerprint density at radius 2 is 2.25 bits per heavy atom. The second-order valence-electron chi connectivity index (χ2n) is 5.34. The van der Waals surface area contributed by atoms with Gasteiger partial charge in [-0.05, 0) is 31.7 Å². The second-order valence-corrected chi connectivity index (χ2v) is 5.34. The third kappa shape index (κ3) is 3.92. The number of rotatable bonds is 7. The van der Waals surface area contributed by atoms with Gasteiger partial charge in [0.25, 0.3) is 5.91 Å². The average Bonchev–Trinajstić information content (AvgIpc) is 3.24. The summed E-state index contributed by atoms with van der Waals surface area (Å²) < 4.78 is 13.3. The smallest absolute Gasteiger partial charge is 0.255 e. The fourth-order valence-corrected chi connectivity index (χ4v) is 2.27. The van der Waals surface area contributed by atoms with Gasteiger partial charge in [0.1, 0.15) is 11.6 Å². The van der Waals surface area contributed by atoms with Crippen molar-refractivity contribution >= 4 is 11.7 Å². The Morgan fingerprint density at radius 1 is 1.50 bits per heavy atom. The van der Waals surface area contributed by atoms with Crippen LogP contribution in [0.1, 0.15) is 49.9 Å². The topological polar surface area (TPSA) is 54.0 Å².